The van der Waals surface area contributed by atoms with Crippen LogP contribution in [0.4, 0.5) is 4.79 Å². The minimum atomic E-state index is -0.749. The molecule has 3 rings (SSSR count). The highest BCUT2D eigenvalue weighted by Crippen LogP contribution is 2.49. The fourth-order valence-corrected chi connectivity index (χ4v) is 4.45. The number of aliphatic carboxylic acids is 1. The average molecular weight is 344 g/mol. The number of carboxylic acids is 1. The summed E-state index contributed by atoms with van der Waals surface area (Å²) in [5.74, 6) is -0.665. The van der Waals surface area contributed by atoms with Crippen LogP contribution >= 0.6 is 0 Å². The van der Waals surface area contributed by atoms with Gasteiger partial charge in [0.25, 0.3) is 0 Å². The molecule has 2 aliphatic rings. The number of hydrogen-bond acceptors (Lipinski definition) is 2. The Kier molecular flexibility index (Phi) is 4.52. The molecule has 136 valence electrons. The quantitative estimate of drug-likeness (QED) is 0.879. The van der Waals surface area contributed by atoms with Gasteiger partial charge in [-0.1, -0.05) is 57.5 Å². The van der Waals surface area contributed by atoms with Crippen LogP contribution in [0.2, 0.25) is 0 Å². The number of hydrogen-bond donors (Lipinski definition) is 2. The summed E-state index contributed by atoms with van der Waals surface area (Å²) in [5.41, 5.74) is 0.189. The van der Waals surface area contributed by atoms with Crippen LogP contribution < -0.4 is 5.32 Å². The van der Waals surface area contributed by atoms with Gasteiger partial charge in [-0.05, 0) is 29.7 Å². The Bertz CT molecular complexity index is 653. The number of urea groups is 1. The van der Waals surface area contributed by atoms with Crippen molar-refractivity contribution in [3.05, 3.63) is 35.9 Å². The van der Waals surface area contributed by atoms with Crippen molar-refractivity contribution in [2.24, 2.45) is 16.7 Å². The molecule has 2 fully saturated rings. The summed E-state index contributed by atoms with van der Waals surface area (Å²) in [6.07, 6.45) is 2.52. The maximum atomic E-state index is 12.9. The van der Waals surface area contributed by atoms with Crippen LogP contribution in [0.25, 0.3) is 0 Å². The van der Waals surface area contributed by atoms with Crippen LogP contribution in [0.5, 0.6) is 0 Å². The molecule has 1 aliphatic heterocycles. The van der Waals surface area contributed by atoms with Gasteiger partial charge in [-0.15, -0.1) is 0 Å². The van der Waals surface area contributed by atoms with Crippen LogP contribution in [0.15, 0.2) is 30.3 Å². The molecule has 0 spiro atoms. The normalized spacial score (nSPS) is 27.0. The summed E-state index contributed by atoms with van der Waals surface area (Å²) in [6, 6.07) is 9.67. The molecular formula is C20H28N2O3. The molecule has 25 heavy (non-hydrogen) atoms. The van der Waals surface area contributed by atoms with Crippen molar-refractivity contribution in [2.75, 3.05) is 13.1 Å². The minimum Gasteiger partial charge on any atom is -0.481 e. The van der Waals surface area contributed by atoms with Crippen LogP contribution in [-0.2, 0) is 4.79 Å². The monoisotopic (exact) mass is 344 g/mol. The maximum Gasteiger partial charge on any atom is 0.317 e. The van der Waals surface area contributed by atoms with E-state index in [-0.39, 0.29) is 23.4 Å². The molecule has 5 heteroatoms. The van der Waals surface area contributed by atoms with Crippen molar-refractivity contribution >= 4 is 12.0 Å². The molecule has 3 atom stereocenters. The fraction of sp³-hybridized carbons (Fsp3) is 0.600. The van der Waals surface area contributed by atoms with Gasteiger partial charge in [0, 0.05) is 13.1 Å². The van der Waals surface area contributed by atoms with E-state index >= 15 is 0 Å². The predicted octanol–water partition coefficient (Wildman–Crippen LogP) is 3.67. The lowest BCUT2D eigenvalue weighted by Gasteiger charge is -2.33. The van der Waals surface area contributed by atoms with E-state index in [0.717, 1.165) is 18.4 Å². The van der Waals surface area contributed by atoms with Gasteiger partial charge in [0.2, 0.25) is 0 Å². The first kappa shape index (κ1) is 17.8. The average Bonchev–Trinajstić information content (AvgIpc) is 3.10. The number of carbonyl (C=O) groups is 2. The van der Waals surface area contributed by atoms with Crippen LogP contribution in [0.3, 0.4) is 0 Å². The smallest absolute Gasteiger partial charge is 0.317 e. The van der Waals surface area contributed by atoms with Gasteiger partial charge in [-0.3, -0.25) is 4.79 Å². The Hall–Kier alpha value is -2.04. The number of carbonyl (C=O) groups excluding carboxylic acids is 1. The van der Waals surface area contributed by atoms with E-state index < -0.39 is 11.4 Å². The summed E-state index contributed by atoms with van der Waals surface area (Å²) >= 11 is 0. The Morgan fingerprint density at radius 3 is 2.52 bits per heavy atom. The Balaban J connectivity index is 1.76. The van der Waals surface area contributed by atoms with Gasteiger partial charge >= 0.3 is 12.0 Å². The topological polar surface area (TPSA) is 69.6 Å². The Morgan fingerprint density at radius 1 is 1.28 bits per heavy atom. The van der Waals surface area contributed by atoms with E-state index in [0.29, 0.717) is 19.5 Å². The first-order valence-electron chi connectivity index (χ1n) is 9.08. The molecule has 2 amide bonds. The van der Waals surface area contributed by atoms with E-state index in [2.05, 4.69) is 26.1 Å². The van der Waals surface area contributed by atoms with Crippen molar-refractivity contribution in [3.8, 4) is 0 Å². The summed E-state index contributed by atoms with van der Waals surface area (Å²) in [7, 11) is 0. The first-order chi connectivity index (χ1) is 11.7. The van der Waals surface area contributed by atoms with Gasteiger partial charge in [0.05, 0.1) is 11.5 Å². The number of amides is 2. The third-order valence-electron chi connectivity index (χ3n) is 5.85. The lowest BCUT2D eigenvalue weighted by atomic mass is 9.81. The Morgan fingerprint density at radius 2 is 1.96 bits per heavy atom. The molecular weight excluding hydrogens is 316 g/mol. The zero-order chi connectivity index (χ0) is 18.2. The fourth-order valence-electron chi connectivity index (χ4n) is 4.45. The number of rotatable bonds is 3. The Labute approximate surface area is 149 Å². The molecule has 0 bridgehead atoms. The van der Waals surface area contributed by atoms with E-state index in [4.69, 9.17) is 0 Å². The summed E-state index contributed by atoms with van der Waals surface area (Å²) in [5, 5.41) is 12.9. The largest absolute Gasteiger partial charge is 0.481 e. The zero-order valence-electron chi connectivity index (χ0n) is 15.3. The van der Waals surface area contributed by atoms with Crippen LogP contribution in [0.1, 0.15) is 51.6 Å². The van der Waals surface area contributed by atoms with Gasteiger partial charge in [0.15, 0.2) is 0 Å². The van der Waals surface area contributed by atoms with E-state index in [1.54, 1.807) is 4.90 Å². The van der Waals surface area contributed by atoms with E-state index in [1.807, 2.05) is 30.3 Å². The maximum absolute atomic E-state index is 12.9. The third-order valence-corrected chi connectivity index (χ3v) is 5.85. The molecule has 1 heterocycles. The highest BCUT2D eigenvalue weighted by molar-refractivity contribution is 5.80. The SMILES string of the molecule is CC(C)(C)C(NC(=O)N1C[C@@H]2CCC[C@@]2(C(=O)O)C1)c1ccccc1. The third kappa shape index (κ3) is 3.24. The molecule has 5 nitrogen and oxygen atoms in total. The standard InChI is InChI=1S/C20H28N2O3/c1-19(2,3)16(14-8-5-4-6-9-14)21-18(25)22-12-15-10-7-11-20(15,13-22)17(23)24/h4-6,8-9,15-16H,7,10-13H2,1-3H3,(H,21,25)(H,23,24)/t15-,16?,20+/m0/s1. The second kappa shape index (κ2) is 6.36. The number of benzene rings is 1. The number of carboxylic acid groups (broad SMARTS) is 1. The molecule has 1 unspecified atom stereocenters. The number of nitrogens with one attached hydrogen (secondary N) is 1. The zero-order valence-corrected chi connectivity index (χ0v) is 15.3. The van der Waals surface area contributed by atoms with Crippen LogP contribution in [-0.4, -0.2) is 35.1 Å². The van der Waals surface area contributed by atoms with Crippen molar-refractivity contribution in [1.82, 2.24) is 10.2 Å². The van der Waals surface area contributed by atoms with Gasteiger partial charge in [-0.25, -0.2) is 4.79 Å². The lowest BCUT2D eigenvalue weighted by molar-refractivity contribution is -0.149. The second-order valence-electron chi connectivity index (χ2n) is 8.59. The number of nitrogens with zero attached hydrogens (tertiary/aromatic N) is 1. The number of fused-ring (bicyclic) bond motifs is 1. The molecule has 0 aromatic heterocycles. The minimum absolute atomic E-state index is 0.0839. The van der Waals surface area contributed by atoms with Crippen molar-refractivity contribution in [3.63, 3.8) is 0 Å². The molecule has 1 saturated heterocycles. The van der Waals surface area contributed by atoms with E-state index in [9.17, 15) is 14.7 Å². The molecule has 1 aliphatic carbocycles. The molecule has 0 radical (unpaired) electrons. The van der Waals surface area contributed by atoms with Crippen molar-refractivity contribution < 1.29 is 14.7 Å². The highest BCUT2D eigenvalue weighted by atomic mass is 16.4. The van der Waals surface area contributed by atoms with Crippen molar-refractivity contribution in [1.29, 1.82) is 0 Å². The molecule has 2 N–H and O–H groups in total. The first-order valence-corrected chi connectivity index (χ1v) is 9.08. The second-order valence-corrected chi connectivity index (χ2v) is 8.59. The van der Waals surface area contributed by atoms with Gasteiger partial charge < -0.3 is 15.3 Å². The predicted molar refractivity (Wildman–Crippen MR) is 96.2 cm³/mol. The van der Waals surface area contributed by atoms with Crippen LogP contribution in [0, 0.1) is 16.7 Å². The van der Waals surface area contributed by atoms with Crippen molar-refractivity contribution in [2.45, 2.75) is 46.1 Å². The summed E-state index contributed by atoms with van der Waals surface area (Å²) < 4.78 is 0. The molecule has 1 aromatic rings. The van der Waals surface area contributed by atoms with E-state index in [1.165, 1.54) is 0 Å². The van der Waals surface area contributed by atoms with Gasteiger partial charge in [0.1, 0.15) is 0 Å². The highest BCUT2D eigenvalue weighted by Gasteiger charge is 2.56. The molecule has 1 aromatic carbocycles. The lowest BCUT2D eigenvalue weighted by Crippen LogP contribution is -2.45. The molecule has 1 saturated carbocycles. The number of likely N-dealkylation sites (tertiary alicyclic amines) is 1. The summed E-state index contributed by atoms with van der Waals surface area (Å²) in [4.78, 5) is 26.4. The summed E-state index contributed by atoms with van der Waals surface area (Å²) in [6.45, 7) is 7.17. The van der Waals surface area contributed by atoms with Gasteiger partial charge in [-0.2, -0.15) is 0 Å².